The summed E-state index contributed by atoms with van der Waals surface area (Å²) in [7, 11) is 2.17. The number of nitrogens with two attached hydrogens (primary N) is 1. The smallest absolute Gasteiger partial charge is 0.166 e. The van der Waals surface area contributed by atoms with Crippen LogP contribution >= 0.6 is 0 Å². The molecule has 368 valence electrons. The van der Waals surface area contributed by atoms with Gasteiger partial charge in [0.25, 0.3) is 0 Å². The van der Waals surface area contributed by atoms with Gasteiger partial charge in [-0.2, -0.15) is 5.53 Å². The molecule has 1 aliphatic heterocycles. The molecule has 0 amide bonds. The van der Waals surface area contributed by atoms with Crippen molar-refractivity contribution in [2.75, 3.05) is 37.7 Å². The summed E-state index contributed by atoms with van der Waals surface area (Å²) in [6.45, 7) is 6.42. The van der Waals surface area contributed by atoms with Crippen molar-refractivity contribution in [3.63, 3.8) is 0 Å². The molecule has 4 N–H and O–H groups in total. The van der Waals surface area contributed by atoms with Crippen LogP contribution in [0.1, 0.15) is 66.2 Å². The van der Waals surface area contributed by atoms with E-state index in [-0.39, 0.29) is 22.9 Å². The first-order chi connectivity index (χ1) is 35.4. The Kier molecular flexibility index (Phi) is 27.6. The van der Waals surface area contributed by atoms with E-state index in [9.17, 15) is 4.79 Å². The highest BCUT2D eigenvalue weighted by Crippen LogP contribution is 2.26. The number of likely N-dealkylation sites (tertiary alicyclic amines) is 1. The number of benzene rings is 1. The van der Waals surface area contributed by atoms with E-state index in [1.165, 1.54) is 0 Å². The molecule has 15 nitrogen and oxygen atoms in total. The summed E-state index contributed by atoms with van der Waals surface area (Å²) < 4.78 is 0. The number of hydrogen-bond acceptors (Lipinski definition) is 9. The molecule has 0 atom stereocenters. The minimum Gasteiger partial charge on any atom is -0.383 e. The number of aromatic nitrogens is 3. The van der Waals surface area contributed by atoms with Crippen LogP contribution < -0.4 is 11.1 Å². The molecule has 0 aliphatic carbocycles. The zero-order valence-electron chi connectivity index (χ0n) is 39.2. The van der Waals surface area contributed by atoms with Gasteiger partial charge >= 0.3 is 0 Å². The Morgan fingerprint density at radius 1 is 0.722 bits per heavy atom. The number of aryl methyl sites for hydroxylation is 1. The number of nitrogens with one attached hydrogen (secondary N) is 2. The van der Waals surface area contributed by atoms with Crippen LogP contribution in [-0.2, 0) is 6.42 Å². The highest BCUT2D eigenvalue weighted by atomic mass is 16.3. The predicted molar refractivity (Wildman–Crippen MR) is 303 cm³/mol. The van der Waals surface area contributed by atoms with Crippen molar-refractivity contribution in [2.45, 2.75) is 39.5 Å². The predicted octanol–water partition coefficient (Wildman–Crippen LogP) is 10.3. The third-order valence-electron chi connectivity index (χ3n) is 8.94. The maximum Gasteiger partial charge on any atom is 0.166 e. The van der Waals surface area contributed by atoms with Crippen LogP contribution in [0.3, 0.4) is 0 Å². The van der Waals surface area contributed by atoms with Crippen molar-refractivity contribution < 1.29 is 21.9 Å². The van der Waals surface area contributed by atoms with Gasteiger partial charge < -0.3 is 16.0 Å². The van der Waals surface area contributed by atoms with Crippen LogP contribution in [0.4, 0.5) is 11.6 Å². The molecule has 3 aromatic heterocycles. The summed E-state index contributed by atoms with van der Waals surface area (Å²) in [5, 5.41) is 20.4. The number of pyridine rings is 3. The minimum atomic E-state index is 0. The van der Waals surface area contributed by atoms with Crippen molar-refractivity contribution in [2.24, 2.45) is 37.3 Å². The van der Waals surface area contributed by atoms with E-state index in [0.717, 1.165) is 60.1 Å². The monoisotopic (exact) mass is 962 g/mol. The van der Waals surface area contributed by atoms with Gasteiger partial charge in [-0.1, -0.05) is 30.0 Å². The molecule has 0 radical (unpaired) electrons. The summed E-state index contributed by atoms with van der Waals surface area (Å²) in [6.07, 6.45) is 8.61. The maximum atomic E-state index is 13.4. The van der Waals surface area contributed by atoms with E-state index in [2.05, 4.69) is 213 Å². The Morgan fingerprint density at radius 3 is 1.76 bits per heavy atom. The molecule has 1 fully saturated rings. The number of nitrogen functional groups attached to an aromatic ring is 1. The van der Waals surface area contributed by atoms with Crippen molar-refractivity contribution in [1.29, 1.82) is 5.53 Å². The zero-order valence-corrected chi connectivity index (χ0v) is 39.2. The molecule has 0 unspecified atom stereocenters. The van der Waals surface area contributed by atoms with Gasteiger partial charge in [0.15, 0.2) is 5.78 Å². The summed E-state index contributed by atoms with van der Waals surface area (Å²) in [5.41, 5.74) is 15.5. The number of carbonyl (C=O) groups excluding carboxylic acids is 1. The molecule has 1 saturated heterocycles. The van der Waals surface area contributed by atoms with Crippen molar-refractivity contribution in [1.82, 2.24) is 19.9 Å². The van der Waals surface area contributed by atoms with E-state index in [0.29, 0.717) is 36.0 Å². The number of Topliss-reactive ketones (excluding diaryl/α,β-unsaturated/α-hetero) is 1. The molecule has 0 spiro atoms. The lowest BCUT2D eigenvalue weighted by molar-refractivity contribution is 0.0983. The Morgan fingerprint density at radius 2 is 1.26 bits per heavy atom. The number of nitrogens with zero attached hydrogens (tertiary/aromatic N) is 10. The third-order valence-corrected chi connectivity index (χ3v) is 8.94. The SMILES string of the molecule is CC#CC#CC#CC#CC#CC#CC#CC#CC#CC#CC#CC#CC#CC.CN1CCC(CNc2nc(-c3cccnc3)ccc2C(=O)CCc2ccc3c(N)nccc3c2)CC1.N=N/N=N/N=N/N=O.[HH].[HH].[HH].[HH].[HH].[HH].[HH].[HH].[HH].[HH].[HH].[HH]. The lowest BCUT2D eigenvalue weighted by Gasteiger charge is -2.29. The molecule has 72 heavy (non-hydrogen) atoms. The van der Waals surface area contributed by atoms with Gasteiger partial charge in [0.05, 0.1) is 11.3 Å². The summed E-state index contributed by atoms with van der Waals surface area (Å²) in [6, 6.07) is 15.7. The minimum absolute atomic E-state index is 0. The number of nitroso groups, excluding NO2 is 1. The van der Waals surface area contributed by atoms with Crippen LogP contribution in [0.2, 0.25) is 0 Å². The first-order valence-electron chi connectivity index (χ1n) is 21.2. The first-order valence-corrected chi connectivity index (χ1v) is 21.2. The second kappa shape index (κ2) is 36.0. The number of carbonyl (C=O) groups is 1. The summed E-state index contributed by atoms with van der Waals surface area (Å²) in [4.78, 5) is 38.0. The molecule has 0 bridgehead atoms. The molecule has 4 aromatic rings. The van der Waals surface area contributed by atoms with Crippen LogP contribution in [-0.4, -0.2) is 52.3 Å². The Bertz CT molecular complexity index is 3450. The average molecular weight is 962 g/mol. The van der Waals surface area contributed by atoms with E-state index in [1.807, 2.05) is 47.8 Å². The number of piperidine rings is 1. The maximum absolute atomic E-state index is 13.4. The number of anilines is 2. The van der Waals surface area contributed by atoms with Gasteiger partial charge in [-0.05, 0) is 211 Å². The normalized spacial score (nSPS) is 10.0. The fraction of sp³-hybridized carbons (Fsp3) is 0.193. The molecule has 1 aliphatic rings. The fourth-order valence-electron chi connectivity index (χ4n) is 5.68. The number of rotatable bonds is 11. The standard InChI is InChI=1S/C29H32N6O.C28H6.HN7O.12H2/c1-35-15-11-21(12-16-35)18-33-29-25(7-8-26(34-29)23-3-2-13-31-19-23)27(36)9-5-20-4-6-24-22(17-20)10-14-32-28(24)30;1-3-5-7-9-11-13-15-17-19-21-23-25-27-28-26-24-22-20-18-16-14-12-10-8-6-4-2;1-2-3-4-5-6-7-8;;;;;;;;;;;;/h2-4,6-8,10,13-14,17,19,21H,5,9,11-12,15-16,18H2,1H3,(H2,30,32)(H,33,34);1-2H3;1H;12*1H/b;;2-1?,4-3+,6-5+;;;;;;;;;;;;. The largest absolute Gasteiger partial charge is 0.383 e. The number of fused-ring (bicyclic) bond motifs is 1. The molecule has 0 saturated carbocycles. The molecular formula is C57H63N13O2. The lowest BCUT2D eigenvalue weighted by Crippen LogP contribution is -2.33. The Balaban J connectivity index is -0.000000130. The number of ketones is 1. The topological polar surface area (TPSA) is 212 Å². The van der Waals surface area contributed by atoms with E-state index >= 15 is 0 Å². The van der Waals surface area contributed by atoms with Gasteiger partial charge in [-0.3, -0.25) is 9.78 Å². The zero-order chi connectivity index (χ0) is 51.5. The second-order valence-electron chi connectivity index (χ2n) is 13.7. The Labute approximate surface area is 437 Å². The van der Waals surface area contributed by atoms with Gasteiger partial charge in [-0.15, -0.1) is 4.91 Å². The molecule has 15 heteroatoms. The Hall–Kier alpha value is -11.2. The van der Waals surface area contributed by atoms with Crippen LogP contribution in [0.25, 0.3) is 22.0 Å². The fourth-order valence-corrected chi connectivity index (χ4v) is 5.68. The lowest BCUT2D eigenvalue weighted by atomic mass is 9.97. The molecular weight excluding hydrogens is 899 g/mol. The van der Waals surface area contributed by atoms with Crippen LogP contribution in [0.15, 0.2) is 98.5 Å². The van der Waals surface area contributed by atoms with E-state index < -0.39 is 0 Å². The molecule has 5 rings (SSSR count). The van der Waals surface area contributed by atoms with Crippen molar-refractivity contribution in [3.05, 3.63) is 83.2 Å². The first kappa shape index (κ1) is 55.2. The van der Waals surface area contributed by atoms with Gasteiger partial charge in [-0.25, -0.2) is 9.97 Å². The average Bonchev–Trinajstić information content (AvgIpc) is 3.41. The van der Waals surface area contributed by atoms with E-state index in [1.54, 1.807) is 32.4 Å². The van der Waals surface area contributed by atoms with Gasteiger partial charge in [0, 0.05) is 117 Å². The highest BCUT2D eigenvalue weighted by Gasteiger charge is 2.19. The van der Waals surface area contributed by atoms with Gasteiger partial charge in [0.1, 0.15) is 16.9 Å². The second-order valence-corrected chi connectivity index (χ2v) is 13.7. The van der Waals surface area contributed by atoms with Crippen LogP contribution in [0, 0.1) is 170 Å². The summed E-state index contributed by atoms with van der Waals surface area (Å²) >= 11 is 0. The number of hydrogen-bond donors (Lipinski definition) is 3. The molecule has 1 aromatic carbocycles. The highest BCUT2D eigenvalue weighted by molar-refractivity contribution is 6.01. The quantitative estimate of drug-likeness (QED) is 0.0432. The molecule has 4 heterocycles. The van der Waals surface area contributed by atoms with Crippen molar-refractivity contribution >= 4 is 28.2 Å². The van der Waals surface area contributed by atoms with E-state index in [4.69, 9.17) is 21.2 Å². The van der Waals surface area contributed by atoms with Gasteiger partial charge in [0.2, 0.25) is 0 Å². The van der Waals surface area contributed by atoms with Crippen molar-refractivity contribution in [3.8, 4) is 165 Å². The third kappa shape index (κ3) is 23.9. The summed E-state index contributed by atoms with van der Waals surface area (Å²) in [5.74, 6) is 67.5. The van der Waals surface area contributed by atoms with Crippen LogP contribution in [0.5, 0.6) is 0 Å².